The van der Waals surface area contributed by atoms with Gasteiger partial charge in [-0.25, -0.2) is 0 Å². The van der Waals surface area contributed by atoms with Crippen molar-refractivity contribution in [3.8, 4) is 0 Å². The highest BCUT2D eigenvalue weighted by Gasteiger charge is 2.36. The van der Waals surface area contributed by atoms with Crippen molar-refractivity contribution < 1.29 is 9.59 Å². The van der Waals surface area contributed by atoms with Crippen LogP contribution in [0.1, 0.15) is 68.3 Å². The number of nitrogens with zero attached hydrogens (tertiary/aromatic N) is 1. The normalized spacial score (nSPS) is 24.7. The van der Waals surface area contributed by atoms with Crippen LogP contribution < -0.4 is 5.32 Å². The van der Waals surface area contributed by atoms with Crippen LogP contribution in [0.5, 0.6) is 0 Å². The summed E-state index contributed by atoms with van der Waals surface area (Å²) in [6.07, 6.45) is 6.18. The van der Waals surface area contributed by atoms with Crippen molar-refractivity contribution in [3.05, 3.63) is 35.4 Å². The maximum Gasteiger partial charge on any atom is 0.223 e. The van der Waals surface area contributed by atoms with Gasteiger partial charge in [0.25, 0.3) is 0 Å². The number of fused-ring (bicyclic) bond motifs is 2. The quantitative estimate of drug-likeness (QED) is 0.760. The van der Waals surface area contributed by atoms with Crippen LogP contribution in [0.15, 0.2) is 24.3 Å². The molecule has 2 aliphatic rings. The van der Waals surface area contributed by atoms with E-state index in [-0.39, 0.29) is 11.7 Å². The van der Waals surface area contributed by atoms with Crippen LogP contribution in [-0.4, -0.2) is 41.8 Å². The second kappa shape index (κ2) is 8.34. The van der Waals surface area contributed by atoms with Crippen molar-refractivity contribution in [1.29, 1.82) is 0 Å². The van der Waals surface area contributed by atoms with Gasteiger partial charge >= 0.3 is 0 Å². The number of piperidine rings is 1. The molecular weight excluding hydrogens is 324 g/mol. The predicted molar refractivity (Wildman–Crippen MR) is 104 cm³/mol. The Hall–Kier alpha value is -1.68. The summed E-state index contributed by atoms with van der Waals surface area (Å²) in [6.45, 7) is 4.38. The fraction of sp³-hybridized carbons (Fsp3) is 0.636. The summed E-state index contributed by atoms with van der Waals surface area (Å²) in [5.41, 5.74) is 1.97. The number of ketones is 1. The molecule has 1 N–H and O–H groups in total. The van der Waals surface area contributed by atoms with Crippen LogP contribution in [0.25, 0.3) is 0 Å². The number of amides is 1. The lowest BCUT2D eigenvalue weighted by molar-refractivity contribution is -0.132. The van der Waals surface area contributed by atoms with Gasteiger partial charge in [-0.15, -0.1) is 0 Å². The van der Waals surface area contributed by atoms with Crippen molar-refractivity contribution in [2.24, 2.45) is 5.92 Å². The molecule has 3 rings (SSSR count). The third-order valence-corrected chi connectivity index (χ3v) is 5.88. The highest BCUT2D eigenvalue weighted by Crippen LogP contribution is 2.29. The second-order valence-electron chi connectivity index (χ2n) is 8.49. The summed E-state index contributed by atoms with van der Waals surface area (Å²) < 4.78 is 0. The van der Waals surface area contributed by atoms with Crippen LogP contribution in [-0.2, 0) is 11.2 Å². The number of rotatable bonds is 7. The molecule has 142 valence electrons. The zero-order chi connectivity index (χ0) is 18.7. The predicted octanol–water partition coefficient (Wildman–Crippen LogP) is 3.59. The molecule has 2 heterocycles. The first-order valence-corrected chi connectivity index (χ1v) is 10.1. The lowest BCUT2D eigenvalue weighted by Gasteiger charge is -2.35. The van der Waals surface area contributed by atoms with E-state index in [1.54, 1.807) is 0 Å². The average Bonchev–Trinajstić information content (AvgIpc) is 2.96. The van der Waals surface area contributed by atoms with E-state index in [0.717, 1.165) is 19.3 Å². The van der Waals surface area contributed by atoms with Gasteiger partial charge in [-0.05, 0) is 43.6 Å². The topological polar surface area (TPSA) is 49.4 Å². The lowest BCUT2D eigenvalue weighted by Crippen LogP contribution is -2.48. The number of nitrogens with one attached hydrogen (secondary N) is 1. The second-order valence-corrected chi connectivity index (χ2v) is 8.49. The third-order valence-electron chi connectivity index (χ3n) is 5.88. The Morgan fingerprint density at radius 2 is 1.69 bits per heavy atom. The molecule has 2 aliphatic heterocycles. The highest BCUT2D eigenvalue weighted by atomic mass is 16.2. The number of Topliss-reactive ketones (excluding diaryl/α,β-unsaturated/α-hetero) is 1. The van der Waals surface area contributed by atoms with Crippen LogP contribution in [0.3, 0.4) is 0 Å². The van der Waals surface area contributed by atoms with Gasteiger partial charge in [0.1, 0.15) is 0 Å². The van der Waals surface area contributed by atoms with Crippen molar-refractivity contribution in [2.75, 3.05) is 7.05 Å². The minimum absolute atomic E-state index is 0.0632. The van der Waals surface area contributed by atoms with Gasteiger partial charge in [-0.1, -0.05) is 38.1 Å². The lowest BCUT2D eigenvalue weighted by atomic mass is 9.97. The van der Waals surface area contributed by atoms with Crippen LogP contribution >= 0.6 is 0 Å². The Kier molecular flexibility index (Phi) is 6.13. The van der Waals surface area contributed by atoms with Gasteiger partial charge in [0.15, 0.2) is 5.78 Å². The van der Waals surface area contributed by atoms with Crippen molar-refractivity contribution >= 4 is 11.7 Å². The summed E-state index contributed by atoms with van der Waals surface area (Å²) >= 11 is 0. The van der Waals surface area contributed by atoms with E-state index in [2.05, 4.69) is 19.2 Å². The van der Waals surface area contributed by atoms with Crippen LogP contribution in [0, 0.1) is 5.92 Å². The van der Waals surface area contributed by atoms with E-state index in [0.29, 0.717) is 42.4 Å². The van der Waals surface area contributed by atoms with Crippen LogP contribution in [0.4, 0.5) is 0 Å². The molecule has 26 heavy (non-hydrogen) atoms. The van der Waals surface area contributed by atoms with Crippen molar-refractivity contribution in [2.45, 2.75) is 76.9 Å². The van der Waals surface area contributed by atoms with Gasteiger partial charge in [-0.2, -0.15) is 0 Å². The minimum atomic E-state index is 0.0632. The Morgan fingerprint density at radius 1 is 1.08 bits per heavy atom. The van der Waals surface area contributed by atoms with Gasteiger partial charge < -0.3 is 10.2 Å². The molecule has 4 nitrogen and oxygen atoms in total. The van der Waals surface area contributed by atoms with E-state index in [9.17, 15) is 9.59 Å². The van der Waals surface area contributed by atoms with E-state index >= 15 is 0 Å². The standard InChI is InChI=1S/C22H32N2O2/c1-15(2)12-16-4-6-17(7-5-16)21(25)10-11-22(26)24(3)20-13-18-8-9-19(14-20)23-18/h4-7,15,18-20,23H,8-14H2,1-3H3. The van der Waals surface area contributed by atoms with Gasteiger partial charge in [0, 0.05) is 43.6 Å². The molecule has 0 spiro atoms. The number of carbonyl (C=O) groups excluding carboxylic acids is 2. The summed E-state index contributed by atoms with van der Waals surface area (Å²) in [5.74, 6) is 0.768. The minimum Gasteiger partial charge on any atom is -0.343 e. The molecule has 1 amide bonds. The van der Waals surface area contributed by atoms with E-state index in [4.69, 9.17) is 0 Å². The molecule has 1 aromatic rings. The third kappa shape index (κ3) is 4.73. The van der Waals surface area contributed by atoms with Crippen LogP contribution in [0.2, 0.25) is 0 Å². The number of benzene rings is 1. The maximum atomic E-state index is 12.5. The first-order chi connectivity index (χ1) is 12.4. The molecule has 0 radical (unpaired) electrons. The molecule has 1 aromatic carbocycles. The average molecular weight is 357 g/mol. The maximum absolute atomic E-state index is 12.5. The molecule has 0 saturated carbocycles. The van der Waals surface area contributed by atoms with Crippen molar-refractivity contribution in [3.63, 3.8) is 0 Å². The molecule has 2 atom stereocenters. The monoisotopic (exact) mass is 356 g/mol. The summed E-state index contributed by atoms with van der Waals surface area (Å²) in [4.78, 5) is 26.8. The summed E-state index contributed by atoms with van der Waals surface area (Å²) in [7, 11) is 1.91. The smallest absolute Gasteiger partial charge is 0.223 e. The fourth-order valence-corrected chi connectivity index (χ4v) is 4.39. The van der Waals surface area contributed by atoms with Gasteiger partial charge in [-0.3, -0.25) is 9.59 Å². The Morgan fingerprint density at radius 3 is 2.27 bits per heavy atom. The molecule has 2 saturated heterocycles. The number of hydrogen-bond donors (Lipinski definition) is 1. The number of carbonyl (C=O) groups is 2. The van der Waals surface area contributed by atoms with E-state index in [1.165, 1.54) is 18.4 Å². The van der Waals surface area contributed by atoms with E-state index in [1.807, 2.05) is 36.2 Å². The zero-order valence-corrected chi connectivity index (χ0v) is 16.3. The SMILES string of the molecule is CC(C)Cc1ccc(C(=O)CCC(=O)N(C)C2CC3CCC(C2)N3)cc1. The molecule has 0 aliphatic carbocycles. The Bertz CT molecular complexity index is 626. The summed E-state index contributed by atoms with van der Waals surface area (Å²) in [6, 6.07) is 9.33. The largest absolute Gasteiger partial charge is 0.343 e. The highest BCUT2D eigenvalue weighted by molar-refractivity contribution is 5.98. The Balaban J connectivity index is 1.48. The number of hydrogen-bond acceptors (Lipinski definition) is 3. The molecule has 4 heteroatoms. The summed E-state index contributed by atoms with van der Waals surface area (Å²) in [5, 5.41) is 3.61. The Labute approximate surface area is 157 Å². The molecule has 2 fully saturated rings. The molecule has 2 bridgehead atoms. The zero-order valence-electron chi connectivity index (χ0n) is 16.3. The molecular formula is C22H32N2O2. The van der Waals surface area contributed by atoms with Gasteiger partial charge in [0.2, 0.25) is 5.91 Å². The first-order valence-electron chi connectivity index (χ1n) is 10.1. The van der Waals surface area contributed by atoms with Gasteiger partial charge in [0.05, 0.1) is 0 Å². The van der Waals surface area contributed by atoms with Crippen molar-refractivity contribution in [1.82, 2.24) is 10.2 Å². The molecule has 0 aromatic heterocycles. The first kappa shape index (κ1) is 19.1. The molecule has 2 unspecified atom stereocenters. The fourth-order valence-electron chi connectivity index (χ4n) is 4.39. The van der Waals surface area contributed by atoms with E-state index < -0.39 is 0 Å².